The Hall–Kier alpha value is -3.10. The van der Waals surface area contributed by atoms with Crippen LogP contribution in [-0.2, 0) is 11.2 Å². The van der Waals surface area contributed by atoms with E-state index in [1.54, 1.807) is 19.1 Å². The summed E-state index contributed by atoms with van der Waals surface area (Å²) in [6, 6.07) is 6.77. The van der Waals surface area contributed by atoms with E-state index in [0.29, 0.717) is 17.9 Å². The normalized spacial score (nSPS) is 10.5. The molecule has 1 unspecified atom stereocenters. The maximum Gasteiger partial charge on any atom is 0.221 e. The first-order valence-corrected chi connectivity index (χ1v) is 7.05. The lowest BCUT2D eigenvalue weighted by Crippen LogP contribution is -2.31. The third-order valence-electron chi connectivity index (χ3n) is 2.84. The fourth-order valence-electron chi connectivity index (χ4n) is 1.78. The molecule has 1 N–H and O–H groups in total. The average molecular weight is 310 g/mol. The molecule has 0 fully saturated rings. The van der Waals surface area contributed by atoms with Crippen LogP contribution in [0.15, 0.2) is 18.2 Å². The van der Waals surface area contributed by atoms with Gasteiger partial charge in [-0.2, -0.15) is 5.26 Å². The highest BCUT2D eigenvalue weighted by molar-refractivity contribution is 5.76. The van der Waals surface area contributed by atoms with Crippen molar-refractivity contribution in [3.63, 3.8) is 0 Å². The quantitative estimate of drug-likeness (QED) is 0.742. The number of carbonyl (C=O) groups excluding carboxylic acids is 1. The summed E-state index contributed by atoms with van der Waals surface area (Å²) in [5.41, 5.74) is 0.893. The zero-order chi connectivity index (χ0) is 17.1. The predicted octanol–water partition coefficient (Wildman–Crippen LogP) is 1.67. The Labute approximate surface area is 136 Å². The van der Waals surface area contributed by atoms with Gasteiger partial charge in [0.2, 0.25) is 5.91 Å². The molecule has 0 saturated carbocycles. The lowest BCUT2D eigenvalue weighted by atomic mass is 10.1. The van der Waals surface area contributed by atoms with Crippen LogP contribution in [0.1, 0.15) is 18.9 Å². The minimum absolute atomic E-state index is 0.107. The van der Waals surface area contributed by atoms with E-state index in [9.17, 15) is 4.79 Å². The highest BCUT2D eigenvalue weighted by Gasteiger charge is 2.09. The summed E-state index contributed by atoms with van der Waals surface area (Å²) in [5.74, 6) is 5.57. The SMILES string of the molecule is C#CCOc1ccc(CCC(=O)NC(C)C#N)cc1OCC#C. The topological polar surface area (TPSA) is 71.3 Å². The molecule has 0 radical (unpaired) electrons. The molecule has 5 heteroatoms. The number of amides is 1. The van der Waals surface area contributed by atoms with E-state index in [0.717, 1.165) is 5.56 Å². The van der Waals surface area contributed by atoms with Crippen LogP contribution in [0.2, 0.25) is 0 Å². The summed E-state index contributed by atoms with van der Waals surface area (Å²) in [4.78, 5) is 11.7. The number of hydrogen-bond acceptors (Lipinski definition) is 4. The zero-order valence-corrected chi connectivity index (χ0v) is 13.0. The Morgan fingerprint density at radius 1 is 1.26 bits per heavy atom. The Kier molecular flexibility index (Phi) is 7.62. The lowest BCUT2D eigenvalue weighted by molar-refractivity contribution is -0.121. The number of hydrogen-bond donors (Lipinski definition) is 1. The van der Waals surface area contributed by atoms with Crippen molar-refractivity contribution >= 4 is 5.91 Å². The Balaban J connectivity index is 2.72. The molecule has 0 aromatic heterocycles. The molecule has 23 heavy (non-hydrogen) atoms. The van der Waals surface area contributed by atoms with Crippen LogP contribution >= 0.6 is 0 Å². The minimum Gasteiger partial charge on any atom is -0.477 e. The van der Waals surface area contributed by atoms with Gasteiger partial charge in [-0.25, -0.2) is 0 Å². The van der Waals surface area contributed by atoms with Crippen molar-refractivity contribution in [2.45, 2.75) is 25.8 Å². The molecule has 0 bridgehead atoms. The van der Waals surface area contributed by atoms with Gasteiger partial charge in [-0.1, -0.05) is 17.9 Å². The van der Waals surface area contributed by atoms with Gasteiger partial charge in [0.15, 0.2) is 11.5 Å². The van der Waals surface area contributed by atoms with Gasteiger partial charge in [0.05, 0.1) is 6.07 Å². The maximum atomic E-state index is 11.7. The van der Waals surface area contributed by atoms with Gasteiger partial charge in [0.1, 0.15) is 19.3 Å². The molecule has 0 saturated heterocycles. The second kappa shape index (κ2) is 9.77. The number of aryl methyl sites for hydroxylation is 1. The fraction of sp³-hybridized carbons (Fsp3) is 0.333. The summed E-state index contributed by atoms with van der Waals surface area (Å²) in [5, 5.41) is 11.2. The molecule has 1 aromatic rings. The molecule has 1 aromatic carbocycles. The van der Waals surface area contributed by atoms with Crippen molar-refractivity contribution in [3.8, 4) is 42.3 Å². The number of ether oxygens (including phenoxy) is 2. The van der Waals surface area contributed by atoms with E-state index in [-0.39, 0.29) is 25.5 Å². The van der Waals surface area contributed by atoms with Crippen LogP contribution in [0.5, 0.6) is 11.5 Å². The van der Waals surface area contributed by atoms with Crippen molar-refractivity contribution < 1.29 is 14.3 Å². The van der Waals surface area contributed by atoms with Crippen LogP contribution < -0.4 is 14.8 Å². The molecular weight excluding hydrogens is 292 g/mol. The molecule has 0 spiro atoms. The van der Waals surface area contributed by atoms with Crippen LogP contribution in [0, 0.1) is 36.0 Å². The monoisotopic (exact) mass is 310 g/mol. The van der Waals surface area contributed by atoms with Crippen molar-refractivity contribution in [2.24, 2.45) is 0 Å². The molecule has 0 heterocycles. The Bertz CT molecular complexity index is 662. The second-order valence-corrected chi connectivity index (χ2v) is 4.68. The van der Waals surface area contributed by atoms with Crippen molar-refractivity contribution in [1.29, 1.82) is 5.26 Å². The first kappa shape index (κ1) is 18.0. The molecule has 1 rings (SSSR count). The Morgan fingerprint density at radius 2 is 1.91 bits per heavy atom. The highest BCUT2D eigenvalue weighted by atomic mass is 16.5. The van der Waals surface area contributed by atoms with Crippen LogP contribution in [0.4, 0.5) is 0 Å². The van der Waals surface area contributed by atoms with Crippen molar-refractivity contribution in [2.75, 3.05) is 13.2 Å². The number of terminal acetylenes is 2. The molecular formula is C18H18N2O3. The number of nitrogens with one attached hydrogen (secondary N) is 1. The molecule has 0 aliphatic heterocycles. The molecule has 0 aliphatic rings. The summed E-state index contributed by atoms with van der Waals surface area (Å²) < 4.78 is 10.8. The number of rotatable bonds is 8. The predicted molar refractivity (Wildman–Crippen MR) is 86.6 cm³/mol. The van der Waals surface area contributed by atoms with Gasteiger partial charge in [0.25, 0.3) is 0 Å². The van der Waals surface area contributed by atoms with Gasteiger partial charge in [-0.3, -0.25) is 4.79 Å². The van der Waals surface area contributed by atoms with E-state index >= 15 is 0 Å². The standard InChI is InChI=1S/C18H18N2O3/c1-4-10-22-16-8-6-15(12-17(16)23-11-5-2)7-9-18(21)20-14(3)13-19/h1-2,6,8,12,14H,7,9-11H2,3H3,(H,20,21). The molecule has 5 nitrogen and oxygen atoms in total. The third kappa shape index (κ3) is 6.46. The Morgan fingerprint density at radius 3 is 2.52 bits per heavy atom. The number of nitriles is 1. The van der Waals surface area contributed by atoms with E-state index in [4.69, 9.17) is 27.6 Å². The first-order chi connectivity index (χ1) is 11.1. The molecule has 1 atom stereocenters. The summed E-state index contributed by atoms with van der Waals surface area (Å²) in [6.45, 7) is 1.86. The van der Waals surface area contributed by atoms with Gasteiger partial charge in [0, 0.05) is 6.42 Å². The molecule has 118 valence electrons. The highest BCUT2D eigenvalue weighted by Crippen LogP contribution is 2.28. The van der Waals surface area contributed by atoms with Gasteiger partial charge in [-0.15, -0.1) is 12.8 Å². The first-order valence-electron chi connectivity index (χ1n) is 7.05. The van der Waals surface area contributed by atoms with E-state index in [1.165, 1.54) is 0 Å². The average Bonchev–Trinajstić information content (AvgIpc) is 2.56. The number of carbonyl (C=O) groups is 1. The van der Waals surface area contributed by atoms with E-state index in [1.807, 2.05) is 12.1 Å². The van der Waals surface area contributed by atoms with Crippen molar-refractivity contribution in [3.05, 3.63) is 23.8 Å². The molecule has 1 amide bonds. The number of nitrogens with zero attached hydrogens (tertiary/aromatic N) is 1. The van der Waals surface area contributed by atoms with Gasteiger partial charge < -0.3 is 14.8 Å². The minimum atomic E-state index is -0.503. The van der Waals surface area contributed by atoms with Gasteiger partial charge in [-0.05, 0) is 31.0 Å². The second-order valence-electron chi connectivity index (χ2n) is 4.68. The summed E-state index contributed by atoms with van der Waals surface area (Å²) >= 11 is 0. The fourth-order valence-corrected chi connectivity index (χ4v) is 1.78. The summed E-state index contributed by atoms with van der Waals surface area (Å²) in [7, 11) is 0. The zero-order valence-electron chi connectivity index (χ0n) is 13.0. The third-order valence-corrected chi connectivity index (χ3v) is 2.84. The maximum absolute atomic E-state index is 11.7. The molecule has 0 aliphatic carbocycles. The largest absolute Gasteiger partial charge is 0.477 e. The van der Waals surface area contributed by atoms with Crippen LogP contribution in [0.3, 0.4) is 0 Å². The lowest BCUT2D eigenvalue weighted by Gasteiger charge is -2.12. The van der Waals surface area contributed by atoms with Crippen molar-refractivity contribution in [1.82, 2.24) is 5.32 Å². The van der Waals surface area contributed by atoms with E-state index < -0.39 is 6.04 Å². The smallest absolute Gasteiger partial charge is 0.221 e. The van der Waals surface area contributed by atoms with Crippen LogP contribution in [0.25, 0.3) is 0 Å². The number of benzene rings is 1. The van der Waals surface area contributed by atoms with Gasteiger partial charge >= 0.3 is 0 Å². The summed E-state index contributed by atoms with van der Waals surface area (Å²) in [6.07, 6.45) is 11.1. The van der Waals surface area contributed by atoms with E-state index in [2.05, 4.69) is 17.2 Å². The van der Waals surface area contributed by atoms with Crippen LogP contribution in [-0.4, -0.2) is 25.2 Å².